The van der Waals surface area contributed by atoms with Gasteiger partial charge in [0.25, 0.3) is 5.91 Å². The van der Waals surface area contributed by atoms with Gasteiger partial charge >= 0.3 is 5.97 Å². The fourth-order valence-electron chi connectivity index (χ4n) is 6.72. The quantitative estimate of drug-likeness (QED) is 0.163. The van der Waals surface area contributed by atoms with Crippen molar-refractivity contribution in [1.82, 2.24) is 15.6 Å². The average Bonchev–Trinajstić information content (AvgIpc) is 3.46. The molecule has 220 valence electrons. The van der Waals surface area contributed by atoms with Crippen LogP contribution in [0.25, 0.3) is 21.7 Å². The van der Waals surface area contributed by atoms with Crippen molar-refractivity contribution in [3.8, 4) is 0 Å². The van der Waals surface area contributed by atoms with Crippen molar-refractivity contribution in [2.24, 2.45) is 0 Å². The summed E-state index contributed by atoms with van der Waals surface area (Å²) in [5.74, 6) is -0.310. The number of amides is 1. The highest BCUT2D eigenvalue weighted by Crippen LogP contribution is 2.35. The summed E-state index contributed by atoms with van der Waals surface area (Å²) in [6.07, 6.45) is 6.76. The van der Waals surface area contributed by atoms with Gasteiger partial charge in [-0.05, 0) is 77.8 Å². The van der Waals surface area contributed by atoms with Crippen LogP contribution in [0.4, 0.5) is 0 Å². The summed E-state index contributed by atoms with van der Waals surface area (Å²) in [5, 5.41) is 10.4. The molecule has 43 heavy (non-hydrogen) atoms. The predicted molar refractivity (Wildman–Crippen MR) is 172 cm³/mol. The number of carbonyl (C=O) groups is 2. The van der Waals surface area contributed by atoms with Gasteiger partial charge in [0.15, 0.2) is 0 Å². The predicted octanol–water partition coefficient (Wildman–Crippen LogP) is 7.21. The zero-order chi connectivity index (χ0) is 29.8. The summed E-state index contributed by atoms with van der Waals surface area (Å²) >= 11 is 0. The lowest BCUT2D eigenvalue weighted by molar-refractivity contribution is -0.142. The summed E-state index contributed by atoms with van der Waals surface area (Å²) in [7, 11) is 1.35. The first-order chi connectivity index (χ1) is 21.0. The molecule has 6 rings (SSSR count). The highest BCUT2D eigenvalue weighted by atomic mass is 16.5. The molecule has 1 aliphatic carbocycles. The number of benzene rings is 4. The maximum atomic E-state index is 13.2. The number of para-hydroxylation sites is 1. The second-order valence-corrected chi connectivity index (χ2v) is 11.8. The number of aromatic nitrogens is 1. The summed E-state index contributed by atoms with van der Waals surface area (Å²) < 4.78 is 5.03. The van der Waals surface area contributed by atoms with Gasteiger partial charge in [-0.1, -0.05) is 79.2 Å². The Morgan fingerprint density at radius 3 is 2.47 bits per heavy atom. The molecule has 3 N–H and O–H groups in total. The van der Waals surface area contributed by atoms with Crippen LogP contribution in [-0.4, -0.2) is 36.1 Å². The molecule has 1 aliphatic rings. The first-order valence-corrected chi connectivity index (χ1v) is 15.3. The molecule has 0 aliphatic heterocycles. The molecule has 1 aromatic heterocycles. The van der Waals surface area contributed by atoms with Gasteiger partial charge < -0.3 is 20.4 Å². The van der Waals surface area contributed by atoms with Crippen LogP contribution in [0, 0.1) is 0 Å². The maximum absolute atomic E-state index is 13.2. The fourth-order valence-corrected chi connectivity index (χ4v) is 6.72. The number of ether oxygens (including phenoxy) is 1. The molecule has 0 bridgehead atoms. The number of fused-ring (bicyclic) bond motifs is 2. The molecule has 0 spiro atoms. The Bertz CT molecular complexity index is 1720. The van der Waals surface area contributed by atoms with Crippen molar-refractivity contribution in [3.63, 3.8) is 0 Å². The number of methoxy groups -OCH3 is 1. The summed E-state index contributed by atoms with van der Waals surface area (Å²) in [6.45, 7) is 2.26. The number of hydrogen-bond donors (Lipinski definition) is 3. The van der Waals surface area contributed by atoms with Gasteiger partial charge in [0.1, 0.15) is 6.04 Å². The van der Waals surface area contributed by atoms with E-state index in [0.29, 0.717) is 23.9 Å². The molecule has 6 nitrogen and oxygen atoms in total. The zero-order valence-electron chi connectivity index (χ0n) is 24.8. The number of H-pyrrole nitrogens is 1. The molecule has 4 aromatic carbocycles. The van der Waals surface area contributed by atoms with E-state index in [0.717, 1.165) is 35.7 Å². The highest BCUT2D eigenvalue weighted by molar-refractivity contribution is 5.97. The molecule has 4 unspecified atom stereocenters. The normalized spacial score (nSPS) is 18.3. The minimum absolute atomic E-state index is 0.257. The molecule has 1 amide bonds. The molecular formula is C37H39N3O3. The van der Waals surface area contributed by atoms with Crippen LogP contribution in [0.15, 0.2) is 97.2 Å². The van der Waals surface area contributed by atoms with Crippen molar-refractivity contribution in [2.75, 3.05) is 7.11 Å². The van der Waals surface area contributed by atoms with E-state index in [-0.39, 0.29) is 11.9 Å². The van der Waals surface area contributed by atoms with Gasteiger partial charge in [0.2, 0.25) is 0 Å². The molecule has 0 radical (unpaired) electrons. The van der Waals surface area contributed by atoms with Crippen molar-refractivity contribution < 1.29 is 14.3 Å². The van der Waals surface area contributed by atoms with E-state index in [2.05, 4.69) is 77.1 Å². The SMILES string of the molecule is COC(=O)C(Cc1c[nH]c2ccccc12)NC(=O)c1ccc(C2CCCC(NC(C)c3cccc4ccccc34)C2)cc1. The van der Waals surface area contributed by atoms with Crippen LogP contribution in [-0.2, 0) is 16.0 Å². The summed E-state index contributed by atoms with van der Waals surface area (Å²) in [6, 6.07) is 30.8. The Balaban J connectivity index is 1.09. The van der Waals surface area contributed by atoms with E-state index in [1.165, 1.54) is 35.4 Å². The van der Waals surface area contributed by atoms with E-state index in [9.17, 15) is 9.59 Å². The number of esters is 1. The smallest absolute Gasteiger partial charge is 0.328 e. The standard InChI is InChI=1S/C37H39N3O3/c1-24(31-15-8-10-26-9-3-4-13-32(26)31)39-30-12-7-11-28(21-30)25-17-19-27(20-18-25)36(41)40-35(37(42)43-2)22-29-23-38-34-16-6-5-14-33(29)34/h3-6,8-10,13-20,23-24,28,30,35,38-39H,7,11-12,21-22H2,1-2H3,(H,40,41). The third-order valence-electron chi connectivity index (χ3n) is 8.98. The van der Waals surface area contributed by atoms with Crippen LogP contribution >= 0.6 is 0 Å². The van der Waals surface area contributed by atoms with Crippen molar-refractivity contribution in [2.45, 2.75) is 63.1 Å². The Kier molecular flexibility index (Phi) is 8.57. The number of rotatable bonds is 9. The minimum Gasteiger partial charge on any atom is -0.467 e. The van der Waals surface area contributed by atoms with Crippen LogP contribution in [0.5, 0.6) is 0 Å². The second kappa shape index (κ2) is 12.8. The molecule has 4 atom stereocenters. The molecule has 0 saturated heterocycles. The topological polar surface area (TPSA) is 83.2 Å². The largest absolute Gasteiger partial charge is 0.467 e. The Morgan fingerprint density at radius 2 is 1.65 bits per heavy atom. The second-order valence-electron chi connectivity index (χ2n) is 11.8. The number of hydrogen-bond acceptors (Lipinski definition) is 4. The average molecular weight is 574 g/mol. The van der Waals surface area contributed by atoms with Crippen LogP contribution in [0.1, 0.15) is 71.6 Å². The molecule has 5 aromatic rings. The van der Waals surface area contributed by atoms with Gasteiger partial charge in [-0.25, -0.2) is 4.79 Å². The van der Waals surface area contributed by atoms with E-state index in [1.807, 2.05) is 42.6 Å². The zero-order valence-corrected chi connectivity index (χ0v) is 24.8. The summed E-state index contributed by atoms with van der Waals surface area (Å²) in [5.41, 5.74) is 5.07. The number of nitrogens with one attached hydrogen (secondary N) is 3. The van der Waals surface area contributed by atoms with E-state index < -0.39 is 12.0 Å². The monoisotopic (exact) mass is 573 g/mol. The lowest BCUT2D eigenvalue weighted by Crippen LogP contribution is -2.43. The fraction of sp³-hybridized carbons (Fsp3) is 0.297. The Morgan fingerprint density at radius 1 is 0.907 bits per heavy atom. The van der Waals surface area contributed by atoms with Gasteiger partial charge in [-0.2, -0.15) is 0 Å². The Hall–Kier alpha value is -4.42. The third-order valence-corrected chi connectivity index (χ3v) is 8.98. The first-order valence-electron chi connectivity index (χ1n) is 15.3. The maximum Gasteiger partial charge on any atom is 0.328 e. The van der Waals surface area contributed by atoms with E-state index in [4.69, 9.17) is 4.74 Å². The lowest BCUT2D eigenvalue weighted by Gasteiger charge is -2.32. The number of carbonyl (C=O) groups excluding carboxylic acids is 2. The molecule has 1 saturated carbocycles. The third kappa shape index (κ3) is 6.35. The first kappa shape index (κ1) is 28.7. The summed E-state index contributed by atoms with van der Waals surface area (Å²) in [4.78, 5) is 29.1. The molecule has 1 fully saturated rings. The number of aromatic amines is 1. The van der Waals surface area contributed by atoms with Crippen molar-refractivity contribution in [1.29, 1.82) is 0 Å². The van der Waals surface area contributed by atoms with Crippen LogP contribution < -0.4 is 10.6 Å². The minimum atomic E-state index is -0.787. The molecule has 6 heteroatoms. The van der Waals surface area contributed by atoms with E-state index in [1.54, 1.807) is 0 Å². The lowest BCUT2D eigenvalue weighted by atomic mass is 9.80. The van der Waals surface area contributed by atoms with Gasteiger partial charge in [0, 0.05) is 41.2 Å². The van der Waals surface area contributed by atoms with Gasteiger partial charge in [0.05, 0.1) is 7.11 Å². The van der Waals surface area contributed by atoms with Gasteiger partial charge in [-0.3, -0.25) is 4.79 Å². The highest BCUT2D eigenvalue weighted by Gasteiger charge is 2.26. The Labute approximate surface area is 252 Å². The van der Waals surface area contributed by atoms with Crippen LogP contribution in [0.2, 0.25) is 0 Å². The van der Waals surface area contributed by atoms with Crippen molar-refractivity contribution >= 4 is 33.6 Å². The molecular weight excluding hydrogens is 534 g/mol. The van der Waals surface area contributed by atoms with Crippen LogP contribution in [0.3, 0.4) is 0 Å². The van der Waals surface area contributed by atoms with Gasteiger partial charge in [-0.15, -0.1) is 0 Å². The van der Waals surface area contributed by atoms with Crippen molar-refractivity contribution in [3.05, 3.63) is 119 Å². The van der Waals surface area contributed by atoms with E-state index >= 15 is 0 Å². The molecule has 1 heterocycles.